The molecule has 0 saturated carbocycles. The van der Waals surface area contributed by atoms with Crippen molar-refractivity contribution in [1.82, 2.24) is 10.6 Å². The summed E-state index contributed by atoms with van der Waals surface area (Å²) in [5, 5.41) is 5.89. The van der Waals surface area contributed by atoms with E-state index < -0.39 is 0 Å². The van der Waals surface area contributed by atoms with Gasteiger partial charge in [0.25, 0.3) is 5.91 Å². The number of hydrogen-bond donors (Lipinski definition) is 2. The van der Waals surface area contributed by atoms with Gasteiger partial charge in [0.05, 0.1) is 0 Å². The number of nitrogens with zero attached hydrogens (tertiary/aromatic N) is 1. The van der Waals surface area contributed by atoms with Crippen molar-refractivity contribution in [3.05, 3.63) is 29.8 Å². The van der Waals surface area contributed by atoms with Gasteiger partial charge in [-0.25, -0.2) is 0 Å². The Balaban J connectivity index is 0. The van der Waals surface area contributed by atoms with Crippen LogP contribution in [0.5, 0.6) is 0 Å². The van der Waals surface area contributed by atoms with Crippen molar-refractivity contribution in [3.63, 3.8) is 0 Å². The Hall–Kier alpha value is -0.970. The monoisotopic (exact) mass is 349 g/mol. The van der Waals surface area contributed by atoms with Crippen LogP contribution in [0.1, 0.15) is 37.0 Å². The maximum absolute atomic E-state index is 11.9. The predicted molar refractivity (Wildman–Crippen MR) is 100.0 cm³/mol. The lowest BCUT2D eigenvalue weighted by Gasteiger charge is -2.23. The fourth-order valence-corrected chi connectivity index (χ4v) is 2.05. The topological polar surface area (TPSA) is 44.4 Å². The van der Waals surface area contributed by atoms with Gasteiger partial charge in [0.15, 0.2) is 0 Å². The molecule has 2 N–H and O–H groups in total. The fraction of sp³-hybridized carbons (Fsp3) is 0.562. The van der Waals surface area contributed by atoms with Gasteiger partial charge in [-0.15, -0.1) is 24.8 Å². The van der Waals surface area contributed by atoms with Crippen LogP contribution in [0.15, 0.2) is 24.3 Å². The molecule has 0 spiro atoms. The highest BCUT2D eigenvalue weighted by atomic mass is 35.5. The zero-order chi connectivity index (χ0) is 14.8. The lowest BCUT2D eigenvalue weighted by Crippen LogP contribution is -2.30. The summed E-state index contributed by atoms with van der Waals surface area (Å²) in [7, 11) is 1.87. The summed E-state index contributed by atoms with van der Waals surface area (Å²) < 4.78 is 0. The number of likely N-dealkylation sites (N-methyl/N-ethyl adjacent to an activating group) is 1. The molecule has 1 aromatic carbocycles. The van der Waals surface area contributed by atoms with Gasteiger partial charge < -0.3 is 15.5 Å². The molecule has 4 nitrogen and oxygen atoms in total. The number of nitrogens with one attached hydrogen (secondary N) is 2. The summed E-state index contributed by atoms with van der Waals surface area (Å²) in [4.78, 5) is 14.2. The Morgan fingerprint density at radius 1 is 1.09 bits per heavy atom. The highest BCUT2D eigenvalue weighted by Gasteiger charge is 2.07. The van der Waals surface area contributed by atoms with Crippen molar-refractivity contribution >= 4 is 36.4 Å². The van der Waals surface area contributed by atoms with E-state index in [1.165, 1.54) is 18.5 Å². The molecule has 0 aliphatic carbocycles. The van der Waals surface area contributed by atoms with E-state index in [1.807, 2.05) is 31.3 Å². The summed E-state index contributed by atoms with van der Waals surface area (Å²) in [6.45, 7) is 7.86. The molecule has 0 unspecified atom stereocenters. The van der Waals surface area contributed by atoms with Crippen LogP contribution in [0.3, 0.4) is 0 Å². The lowest BCUT2D eigenvalue weighted by molar-refractivity contribution is 0.0954. The Bertz CT molecular complexity index is 399. The molecule has 0 aromatic heterocycles. The van der Waals surface area contributed by atoms with Crippen LogP contribution in [0.2, 0.25) is 0 Å². The number of carbonyl (C=O) groups is 1. The third-order valence-corrected chi connectivity index (χ3v) is 3.32. The Kier molecular flexibility index (Phi) is 14.5. The van der Waals surface area contributed by atoms with Crippen LogP contribution in [0.4, 0.5) is 5.69 Å². The summed E-state index contributed by atoms with van der Waals surface area (Å²) in [5.41, 5.74) is 1.91. The predicted octanol–water partition coefficient (Wildman–Crippen LogP) is 3.11. The first-order valence-electron chi connectivity index (χ1n) is 7.50. The van der Waals surface area contributed by atoms with E-state index in [2.05, 4.69) is 29.4 Å². The zero-order valence-corrected chi connectivity index (χ0v) is 15.4. The number of benzene rings is 1. The first-order chi connectivity index (χ1) is 9.72. The second-order valence-corrected chi connectivity index (χ2v) is 4.84. The van der Waals surface area contributed by atoms with Crippen molar-refractivity contribution in [2.24, 2.45) is 0 Å². The molecular formula is C16H29Cl2N3O. The Labute approximate surface area is 146 Å². The van der Waals surface area contributed by atoms with Gasteiger partial charge in [-0.2, -0.15) is 0 Å². The van der Waals surface area contributed by atoms with E-state index in [9.17, 15) is 4.79 Å². The summed E-state index contributed by atoms with van der Waals surface area (Å²) >= 11 is 0. The second kappa shape index (κ2) is 13.7. The molecule has 1 rings (SSSR count). The van der Waals surface area contributed by atoms with E-state index in [-0.39, 0.29) is 30.7 Å². The minimum atomic E-state index is -0.0107. The first kappa shape index (κ1) is 23.3. The molecule has 0 aliphatic rings. The SMILES string of the molecule is CCCCN(CC)c1ccc(C(=O)NCCNC)cc1.Cl.Cl. The van der Waals surface area contributed by atoms with E-state index >= 15 is 0 Å². The third kappa shape index (κ3) is 7.87. The van der Waals surface area contributed by atoms with Gasteiger partial charge >= 0.3 is 0 Å². The van der Waals surface area contributed by atoms with Crippen molar-refractivity contribution < 1.29 is 4.79 Å². The quantitative estimate of drug-likeness (QED) is 0.673. The third-order valence-electron chi connectivity index (χ3n) is 3.32. The molecule has 6 heteroatoms. The molecule has 0 atom stereocenters. The Morgan fingerprint density at radius 2 is 1.73 bits per heavy atom. The van der Waals surface area contributed by atoms with E-state index in [0.29, 0.717) is 6.54 Å². The molecule has 0 radical (unpaired) electrons. The number of amides is 1. The summed E-state index contributed by atoms with van der Waals surface area (Å²) in [6.07, 6.45) is 2.39. The van der Waals surface area contributed by atoms with Crippen molar-refractivity contribution in [3.8, 4) is 0 Å². The van der Waals surface area contributed by atoms with Crippen LogP contribution in [0.25, 0.3) is 0 Å². The summed E-state index contributed by atoms with van der Waals surface area (Å²) in [6, 6.07) is 7.87. The molecule has 0 bridgehead atoms. The minimum Gasteiger partial charge on any atom is -0.372 e. The molecule has 0 fully saturated rings. The molecule has 1 amide bonds. The molecule has 22 heavy (non-hydrogen) atoms. The normalized spacial score (nSPS) is 9.41. The highest BCUT2D eigenvalue weighted by Crippen LogP contribution is 2.15. The van der Waals surface area contributed by atoms with Crippen molar-refractivity contribution in [2.75, 3.05) is 38.1 Å². The van der Waals surface area contributed by atoms with Crippen LogP contribution in [0, 0.1) is 0 Å². The van der Waals surface area contributed by atoms with Gasteiger partial charge in [0, 0.05) is 37.4 Å². The van der Waals surface area contributed by atoms with Gasteiger partial charge in [-0.05, 0) is 44.7 Å². The molecular weight excluding hydrogens is 321 g/mol. The largest absolute Gasteiger partial charge is 0.372 e. The van der Waals surface area contributed by atoms with Gasteiger partial charge in [0.2, 0.25) is 0 Å². The van der Waals surface area contributed by atoms with E-state index in [4.69, 9.17) is 0 Å². The van der Waals surface area contributed by atoms with E-state index in [0.717, 1.165) is 25.2 Å². The number of halogens is 2. The average molecular weight is 350 g/mol. The first-order valence-corrected chi connectivity index (χ1v) is 7.50. The number of anilines is 1. The maximum atomic E-state index is 11.9. The van der Waals surface area contributed by atoms with Crippen molar-refractivity contribution in [1.29, 1.82) is 0 Å². The Morgan fingerprint density at radius 3 is 2.23 bits per heavy atom. The number of carbonyl (C=O) groups excluding carboxylic acids is 1. The fourth-order valence-electron chi connectivity index (χ4n) is 2.05. The minimum absolute atomic E-state index is 0. The molecule has 1 aromatic rings. The average Bonchev–Trinajstić information content (AvgIpc) is 2.49. The molecule has 0 aliphatic heterocycles. The lowest BCUT2D eigenvalue weighted by atomic mass is 10.1. The molecule has 128 valence electrons. The van der Waals surface area contributed by atoms with Gasteiger partial charge in [-0.1, -0.05) is 13.3 Å². The van der Waals surface area contributed by atoms with Crippen LogP contribution in [-0.4, -0.2) is 39.1 Å². The summed E-state index contributed by atoms with van der Waals surface area (Å²) in [5.74, 6) is -0.0107. The van der Waals surface area contributed by atoms with E-state index in [1.54, 1.807) is 0 Å². The van der Waals surface area contributed by atoms with Crippen LogP contribution < -0.4 is 15.5 Å². The second-order valence-electron chi connectivity index (χ2n) is 4.84. The molecule has 0 heterocycles. The van der Waals surface area contributed by atoms with Crippen LogP contribution in [-0.2, 0) is 0 Å². The number of hydrogen-bond acceptors (Lipinski definition) is 3. The zero-order valence-electron chi connectivity index (χ0n) is 13.7. The van der Waals surface area contributed by atoms with Gasteiger partial charge in [0.1, 0.15) is 0 Å². The van der Waals surface area contributed by atoms with Crippen molar-refractivity contribution in [2.45, 2.75) is 26.7 Å². The van der Waals surface area contributed by atoms with Crippen LogP contribution >= 0.6 is 24.8 Å². The maximum Gasteiger partial charge on any atom is 0.251 e. The van der Waals surface area contributed by atoms with Gasteiger partial charge in [-0.3, -0.25) is 4.79 Å². The molecule has 0 saturated heterocycles. The smallest absolute Gasteiger partial charge is 0.251 e. The standard InChI is InChI=1S/C16H27N3O.2ClH/c1-4-6-13-19(5-2)15-9-7-14(8-10-15)16(20)18-12-11-17-3;;/h7-10,17H,4-6,11-13H2,1-3H3,(H,18,20);2*1H. The number of rotatable bonds is 9. The highest BCUT2D eigenvalue weighted by molar-refractivity contribution is 5.94. The number of unbranched alkanes of at least 4 members (excludes halogenated alkanes) is 1.